The summed E-state index contributed by atoms with van der Waals surface area (Å²) in [4.78, 5) is 14.9. The Labute approximate surface area is 119 Å². The van der Waals surface area contributed by atoms with Crippen LogP contribution in [0.15, 0.2) is 18.2 Å². The molecule has 0 saturated heterocycles. The van der Waals surface area contributed by atoms with E-state index in [4.69, 9.17) is 5.73 Å². The Morgan fingerprint density at radius 2 is 1.95 bits per heavy atom. The minimum Gasteiger partial charge on any atom is -0.399 e. The lowest BCUT2D eigenvalue weighted by molar-refractivity contribution is -0.120. The Bertz CT molecular complexity index is 595. The van der Waals surface area contributed by atoms with Crippen LogP contribution in [-0.4, -0.2) is 12.5 Å². The number of fused-ring (bicyclic) bond motifs is 6. The second kappa shape index (κ2) is 3.57. The van der Waals surface area contributed by atoms with Gasteiger partial charge in [-0.05, 0) is 67.1 Å². The first-order chi connectivity index (χ1) is 9.74. The molecule has 104 valence electrons. The maximum absolute atomic E-state index is 12.9. The molecule has 4 unspecified atom stereocenters. The second-order valence-corrected chi connectivity index (χ2v) is 7.14. The Balaban J connectivity index is 1.43. The molecule has 1 heterocycles. The number of rotatable bonds is 1. The van der Waals surface area contributed by atoms with Crippen molar-refractivity contribution < 1.29 is 4.79 Å². The monoisotopic (exact) mass is 268 g/mol. The highest BCUT2D eigenvalue weighted by Gasteiger charge is 2.68. The van der Waals surface area contributed by atoms with Crippen molar-refractivity contribution in [1.29, 1.82) is 0 Å². The molecule has 4 atom stereocenters. The highest BCUT2D eigenvalue weighted by atomic mass is 16.2. The summed E-state index contributed by atoms with van der Waals surface area (Å²) in [7, 11) is 0. The van der Waals surface area contributed by atoms with Crippen molar-refractivity contribution in [3.63, 3.8) is 0 Å². The Kier molecular flexibility index (Phi) is 2.00. The summed E-state index contributed by atoms with van der Waals surface area (Å²) in [6, 6.07) is 6.00. The number of hydrogen-bond acceptors (Lipinski definition) is 2. The van der Waals surface area contributed by atoms with Crippen LogP contribution in [0.4, 0.5) is 11.4 Å². The number of nitrogens with zero attached hydrogens (tertiary/aromatic N) is 1. The smallest absolute Gasteiger partial charge is 0.230 e. The van der Waals surface area contributed by atoms with Crippen LogP contribution in [0.25, 0.3) is 0 Å². The second-order valence-electron chi connectivity index (χ2n) is 7.14. The fourth-order valence-electron chi connectivity index (χ4n) is 5.46. The number of anilines is 2. The summed E-state index contributed by atoms with van der Waals surface area (Å²) >= 11 is 0. The fraction of sp³-hybridized carbons (Fsp3) is 0.588. The van der Waals surface area contributed by atoms with Crippen molar-refractivity contribution in [2.75, 3.05) is 17.2 Å². The highest BCUT2D eigenvalue weighted by molar-refractivity contribution is 5.99. The zero-order chi connectivity index (χ0) is 13.4. The van der Waals surface area contributed by atoms with Crippen molar-refractivity contribution >= 4 is 17.3 Å². The number of carbonyl (C=O) groups is 1. The quantitative estimate of drug-likeness (QED) is 0.795. The van der Waals surface area contributed by atoms with Crippen LogP contribution in [0.1, 0.15) is 24.8 Å². The minimum absolute atomic E-state index is 0.341. The third-order valence-corrected chi connectivity index (χ3v) is 6.29. The van der Waals surface area contributed by atoms with E-state index in [1.54, 1.807) is 0 Å². The molecule has 5 rings (SSSR count). The van der Waals surface area contributed by atoms with Gasteiger partial charge in [0, 0.05) is 23.8 Å². The maximum Gasteiger partial charge on any atom is 0.230 e. The van der Waals surface area contributed by atoms with Gasteiger partial charge in [0.2, 0.25) is 5.91 Å². The van der Waals surface area contributed by atoms with Gasteiger partial charge in [-0.15, -0.1) is 0 Å². The zero-order valence-corrected chi connectivity index (χ0v) is 11.6. The third kappa shape index (κ3) is 1.28. The van der Waals surface area contributed by atoms with E-state index >= 15 is 0 Å². The maximum atomic E-state index is 12.9. The van der Waals surface area contributed by atoms with Crippen LogP contribution in [0.5, 0.6) is 0 Å². The van der Waals surface area contributed by atoms with Gasteiger partial charge < -0.3 is 10.6 Å². The molecular formula is C17H20N2O. The van der Waals surface area contributed by atoms with Crippen molar-refractivity contribution in [3.8, 4) is 0 Å². The predicted octanol–water partition coefficient (Wildman–Crippen LogP) is 2.45. The summed E-state index contributed by atoms with van der Waals surface area (Å²) in [5.41, 5.74) is 9.01. The van der Waals surface area contributed by atoms with E-state index in [2.05, 4.69) is 6.07 Å². The summed E-state index contributed by atoms with van der Waals surface area (Å²) in [6.07, 6.45) is 5.14. The van der Waals surface area contributed by atoms with Gasteiger partial charge in [-0.1, -0.05) is 6.07 Å². The first-order valence-corrected chi connectivity index (χ1v) is 7.94. The van der Waals surface area contributed by atoms with E-state index in [0.717, 1.165) is 48.0 Å². The molecule has 3 nitrogen and oxygen atoms in total. The largest absolute Gasteiger partial charge is 0.399 e. The molecule has 3 aliphatic carbocycles. The van der Waals surface area contributed by atoms with E-state index in [-0.39, 0.29) is 0 Å². The summed E-state index contributed by atoms with van der Waals surface area (Å²) in [6.45, 7) is 0.850. The van der Waals surface area contributed by atoms with E-state index in [1.807, 2.05) is 17.0 Å². The number of nitrogen functional groups attached to an aromatic ring is 1. The first-order valence-electron chi connectivity index (χ1n) is 7.94. The van der Waals surface area contributed by atoms with E-state index in [9.17, 15) is 4.79 Å². The molecule has 3 heteroatoms. The minimum atomic E-state index is 0.341. The number of nitrogens with two attached hydrogens (primary N) is 1. The molecule has 3 saturated carbocycles. The Hall–Kier alpha value is -1.51. The van der Waals surface area contributed by atoms with Gasteiger partial charge in [-0.25, -0.2) is 0 Å². The van der Waals surface area contributed by atoms with E-state index in [1.165, 1.54) is 24.8 Å². The molecule has 4 aliphatic rings. The number of hydrogen-bond donors (Lipinski definition) is 1. The van der Waals surface area contributed by atoms with E-state index in [0.29, 0.717) is 11.8 Å². The lowest BCUT2D eigenvalue weighted by Crippen LogP contribution is -2.32. The lowest BCUT2D eigenvalue weighted by atomic mass is 10.0. The summed E-state index contributed by atoms with van der Waals surface area (Å²) < 4.78 is 0. The number of benzene rings is 1. The third-order valence-electron chi connectivity index (χ3n) is 6.29. The molecule has 1 aliphatic heterocycles. The molecule has 1 amide bonds. The zero-order valence-electron chi connectivity index (χ0n) is 11.6. The van der Waals surface area contributed by atoms with Crippen LogP contribution in [0.3, 0.4) is 0 Å². The van der Waals surface area contributed by atoms with Gasteiger partial charge >= 0.3 is 0 Å². The Morgan fingerprint density at radius 1 is 1.20 bits per heavy atom. The van der Waals surface area contributed by atoms with Gasteiger partial charge in [-0.3, -0.25) is 4.79 Å². The number of amides is 1. The molecule has 0 radical (unpaired) electrons. The number of carbonyl (C=O) groups excluding carboxylic acids is 1. The molecule has 2 bridgehead atoms. The van der Waals surface area contributed by atoms with Crippen molar-refractivity contribution in [2.24, 2.45) is 29.6 Å². The van der Waals surface area contributed by atoms with Crippen LogP contribution >= 0.6 is 0 Å². The fourth-order valence-corrected chi connectivity index (χ4v) is 5.46. The molecule has 3 fully saturated rings. The average molecular weight is 268 g/mol. The highest BCUT2D eigenvalue weighted by Crippen LogP contribution is 2.69. The lowest BCUT2D eigenvalue weighted by Gasteiger charge is -2.19. The summed E-state index contributed by atoms with van der Waals surface area (Å²) in [5, 5.41) is 0. The van der Waals surface area contributed by atoms with Crippen LogP contribution < -0.4 is 10.6 Å². The molecule has 1 aromatic rings. The normalized spacial score (nSPS) is 39.8. The van der Waals surface area contributed by atoms with Crippen LogP contribution in [-0.2, 0) is 11.2 Å². The molecular weight excluding hydrogens is 248 g/mol. The van der Waals surface area contributed by atoms with Gasteiger partial charge in [-0.2, -0.15) is 0 Å². The average Bonchev–Trinajstić information content (AvgIpc) is 2.80. The van der Waals surface area contributed by atoms with Gasteiger partial charge in [0.1, 0.15) is 0 Å². The van der Waals surface area contributed by atoms with E-state index < -0.39 is 0 Å². The van der Waals surface area contributed by atoms with Crippen LogP contribution in [0.2, 0.25) is 0 Å². The molecule has 0 spiro atoms. The summed E-state index contributed by atoms with van der Waals surface area (Å²) in [5.74, 6) is 3.91. The predicted molar refractivity (Wildman–Crippen MR) is 78.2 cm³/mol. The Morgan fingerprint density at radius 3 is 2.70 bits per heavy atom. The molecule has 0 aromatic heterocycles. The van der Waals surface area contributed by atoms with Gasteiger partial charge in [0.15, 0.2) is 0 Å². The topological polar surface area (TPSA) is 46.3 Å². The molecule has 1 aromatic carbocycles. The first kappa shape index (κ1) is 11.2. The van der Waals surface area contributed by atoms with Crippen LogP contribution in [0, 0.1) is 29.6 Å². The van der Waals surface area contributed by atoms with Crippen molar-refractivity contribution in [3.05, 3.63) is 23.8 Å². The standard InChI is InChI=1S/C17H20N2O/c18-12-4-3-9-5-6-19(13(9)8-12)17(20)16-14-10-1-2-11(7-10)15(14)16/h3-4,8,10-11,14-16H,1-2,5-7,18H2. The van der Waals surface area contributed by atoms with Gasteiger partial charge in [0.05, 0.1) is 0 Å². The molecule has 2 N–H and O–H groups in total. The SMILES string of the molecule is Nc1ccc2c(c1)N(C(=O)C1C3C4CCC(C4)C13)CC2. The van der Waals surface area contributed by atoms with Crippen molar-refractivity contribution in [2.45, 2.75) is 25.7 Å². The molecule has 20 heavy (non-hydrogen) atoms. The van der Waals surface area contributed by atoms with Crippen molar-refractivity contribution in [1.82, 2.24) is 0 Å². The van der Waals surface area contributed by atoms with Gasteiger partial charge in [0.25, 0.3) is 0 Å².